The van der Waals surface area contributed by atoms with Gasteiger partial charge in [-0.25, -0.2) is 4.40 Å². The Morgan fingerprint density at radius 2 is 1.61 bits per heavy atom. The summed E-state index contributed by atoms with van der Waals surface area (Å²) in [5.74, 6) is 0.595. The molecule has 0 fully saturated rings. The Morgan fingerprint density at radius 1 is 0.944 bits per heavy atom. The van der Waals surface area contributed by atoms with Gasteiger partial charge in [0.05, 0.1) is 13.3 Å². The zero-order valence-electron chi connectivity index (χ0n) is 21.3. The second-order valence-corrected chi connectivity index (χ2v) is 14.8. The molecular weight excluding hydrogens is 630 g/mol. The highest BCUT2D eigenvalue weighted by Gasteiger charge is 2.26. The van der Waals surface area contributed by atoms with Crippen LogP contribution in [-0.2, 0) is 12.8 Å². The minimum Gasteiger partial charge on any atom is -0.216 e. The molecule has 1 nitrogen and oxygen atoms in total. The second-order valence-electron chi connectivity index (χ2n) is 9.52. The zero-order valence-corrected chi connectivity index (χ0v) is 26.9. The molecule has 0 saturated carbocycles. The number of aryl methyl sites for hydroxylation is 1. The fourth-order valence-corrected chi connectivity index (χ4v) is 8.45. The van der Waals surface area contributed by atoms with Crippen LogP contribution < -0.4 is 10.4 Å². The summed E-state index contributed by atoms with van der Waals surface area (Å²) in [5, 5.41) is 1.94. The first kappa shape index (κ1) is 27.8. The number of nitrogens with zero attached hydrogens (tertiary/aromatic N) is 1. The van der Waals surface area contributed by atoms with Gasteiger partial charge in [0.25, 0.3) is 0 Å². The number of allylic oxidation sites excluding steroid dienone is 2. The van der Waals surface area contributed by atoms with Gasteiger partial charge in [0, 0.05) is 27.2 Å². The van der Waals surface area contributed by atoms with E-state index in [2.05, 4.69) is 96.6 Å². The van der Waals surface area contributed by atoms with Crippen molar-refractivity contribution in [3.05, 3.63) is 69.9 Å². The molecule has 188 valence electrons. The average Bonchev–Trinajstić information content (AvgIpc) is 3.38. The van der Waals surface area contributed by atoms with Crippen LogP contribution >= 0.6 is 66.5 Å². The summed E-state index contributed by atoms with van der Waals surface area (Å²) in [4.78, 5) is 2.42. The van der Waals surface area contributed by atoms with E-state index in [1.54, 1.807) is 22.7 Å². The highest BCUT2D eigenvalue weighted by molar-refractivity contribution is 9.11. The fraction of sp³-hybridized carbons (Fsp3) is 0.300. The smallest absolute Gasteiger partial charge is 0.0872 e. The van der Waals surface area contributed by atoms with E-state index < -0.39 is 0 Å². The van der Waals surface area contributed by atoms with Crippen molar-refractivity contribution in [1.82, 2.24) is 0 Å². The van der Waals surface area contributed by atoms with Crippen LogP contribution in [0.5, 0.6) is 0 Å². The van der Waals surface area contributed by atoms with Crippen LogP contribution in [0.4, 0.5) is 0 Å². The monoisotopic (exact) mass is 659 g/mol. The molecule has 0 aliphatic heterocycles. The van der Waals surface area contributed by atoms with Gasteiger partial charge in [-0.15, -0.1) is 22.7 Å². The minimum absolute atomic E-state index is 0.595. The molecule has 6 heteroatoms. The van der Waals surface area contributed by atoms with Crippen LogP contribution in [0, 0.1) is 5.92 Å². The topological polar surface area (TPSA) is 12.4 Å². The lowest BCUT2D eigenvalue weighted by atomic mass is 9.83. The summed E-state index contributed by atoms with van der Waals surface area (Å²) in [6, 6.07) is 6.86. The maximum atomic E-state index is 4.84. The SMILES string of the molecule is C=C1/C(=N\SC)C(c2cc(CC(C)C)c(Br)s2)=Cc2c1cc(-c1cc(CCCC)c(Br)s1)c(=C)c2=C. The van der Waals surface area contributed by atoms with E-state index >= 15 is 0 Å². The first-order valence-corrected chi connectivity index (χ1v) is 16.5. The molecule has 3 aromatic rings. The number of fused-ring (bicyclic) bond motifs is 1. The van der Waals surface area contributed by atoms with Crippen molar-refractivity contribution in [2.24, 2.45) is 10.3 Å². The molecule has 4 rings (SSSR count). The first-order valence-electron chi connectivity index (χ1n) is 12.1. The molecule has 2 heterocycles. The number of benzene rings is 1. The van der Waals surface area contributed by atoms with Crippen molar-refractivity contribution in [2.45, 2.75) is 46.5 Å². The fourth-order valence-electron chi connectivity index (χ4n) is 4.51. The van der Waals surface area contributed by atoms with Crippen LogP contribution in [0.1, 0.15) is 60.7 Å². The molecule has 0 bridgehead atoms. The van der Waals surface area contributed by atoms with E-state index in [-0.39, 0.29) is 0 Å². The molecule has 0 amide bonds. The molecule has 0 N–H and O–H groups in total. The van der Waals surface area contributed by atoms with Gasteiger partial charge in [-0.1, -0.05) is 46.9 Å². The largest absolute Gasteiger partial charge is 0.216 e. The van der Waals surface area contributed by atoms with E-state index in [9.17, 15) is 0 Å². The summed E-state index contributed by atoms with van der Waals surface area (Å²) in [6.07, 6.45) is 8.75. The summed E-state index contributed by atoms with van der Waals surface area (Å²) < 4.78 is 7.24. The average molecular weight is 662 g/mol. The van der Waals surface area contributed by atoms with E-state index in [0.29, 0.717) is 5.92 Å². The molecule has 0 spiro atoms. The minimum atomic E-state index is 0.595. The molecule has 0 saturated heterocycles. The van der Waals surface area contributed by atoms with Gasteiger partial charge in [-0.2, -0.15) is 0 Å². The van der Waals surface area contributed by atoms with Crippen molar-refractivity contribution in [2.75, 3.05) is 6.26 Å². The summed E-state index contributed by atoms with van der Waals surface area (Å²) >= 11 is 12.6. The van der Waals surface area contributed by atoms with Gasteiger partial charge in [0.1, 0.15) is 0 Å². The van der Waals surface area contributed by atoms with E-state index in [0.717, 1.165) is 56.8 Å². The second kappa shape index (κ2) is 11.7. The van der Waals surface area contributed by atoms with Gasteiger partial charge in [0.15, 0.2) is 0 Å². The third-order valence-corrected chi connectivity index (χ3v) is 10.8. The Bertz CT molecular complexity index is 1490. The number of rotatable bonds is 8. The van der Waals surface area contributed by atoms with Crippen LogP contribution in [0.15, 0.2) is 36.7 Å². The number of unbranched alkanes of at least 4 members (excludes halogenated alkanes) is 1. The molecule has 0 unspecified atom stereocenters. The van der Waals surface area contributed by atoms with Gasteiger partial charge in [-0.05, 0) is 132 Å². The van der Waals surface area contributed by atoms with E-state index in [1.807, 2.05) is 6.26 Å². The molecular formula is C30H31Br2NS3. The molecule has 0 radical (unpaired) electrons. The third kappa shape index (κ3) is 5.49. The zero-order chi connectivity index (χ0) is 26.1. The van der Waals surface area contributed by atoms with Crippen molar-refractivity contribution >= 4 is 103 Å². The Balaban J connectivity index is 1.88. The molecule has 36 heavy (non-hydrogen) atoms. The highest BCUT2D eigenvalue weighted by atomic mass is 79.9. The van der Waals surface area contributed by atoms with Gasteiger partial charge in [-0.3, -0.25) is 0 Å². The molecule has 1 aliphatic rings. The van der Waals surface area contributed by atoms with Crippen LogP contribution in [0.3, 0.4) is 0 Å². The highest BCUT2D eigenvalue weighted by Crippen LogP contribution is 2.42. The molecule has 0 atom stereocenters. The lowest BCUT2D eigenvalue weighted by Crippen LogP contribution is -2.30. The number of thiophene rings is 2. The van der Waals surface area contributed by atoms with Crippen LogP contribution in [-0.4, -0.2) is 12.0 Å². The third-order valence-electron chi connectivity index (χ3n) is 6.40. The maximum absolute atomic E-state index is 4.84. The predicted octanol–water partition coefficient (Wildman–Crippen LogP) is 9.65. The van der Waals surface area contributed by atoms with E-state index in [4.69, 9.17) is 4.40 Å². The Kier molecular flexibility index (Phi) is 9.04. The standard InChI is InChI=1S/C30H31Br2NS3/c1-8-9-10-20-12-26(35-29(20)31)24-14-23-19(6)28(33-34-7)25(15-22(23)17(4)18(24)5)27-13-21(11-16(2)3)30(32)36-27/h12-16H,4-6,8-11H2,1-3,7H3/b33-28+. The number of hydrogen-bond acceptors (Lipinski definition) is 4. The van der Waals surface area contributed by atoms with Crippen molar-refractivity contribution in [1.29, 1.82) is 0 Å². The first-order chi connectivity index (χ1) is 17.2. The number of hydrogen-bond donors (Lipinski definition) is 0. The summed E-state index contributed by atoms with van der Waals surface area (Å²) in [6.45, 7) is 20.2. The quantitative estimate of drug-likeness (QED) is 0.219. The Labute approximate surface area is 244 Å². The predicted molar refractivity (Wildman–Crippen MR) is 175 cm³/mol. The summed E-state index contributed by atoms with van der Waals surface area (Å²) in [7, 11) is 0. The maximum Gasteiger partial charge on any atom is 0.0872 e. The normalized spacial score (nSPS) is 14.6. The van der Waals surface area contributed by atoms with Crippen LogP contribution in [0.2, 0.25) is 0 Å². The van der Waals surface area contributed by atoms with Crippen LogP contribution in [0.25, 0.3) is 40.8 Å². The van der Waals surface area contributed by atoms with Gasteiger partial charge < -0.3 is 0 Å². The molecule has 2 aromatic heterocycles. The van der Waals surface area contributed by atoms with Gasteiger partial charge in [0.2, 0.25) is 0 Å². The molecule has 1 aliphatic carbocycles. The van der Waals surface area contributed by atoms with Crippen molar-refractivity contribution in [3.8, 4) is 10.4 Å². The summed E-state index contributed by atoms with van der Waals surface area (Å²) in [5.41, 5.74) is 9.03. The van der Waals surface area contributed by atoms with E-state index in [1.165, 1.54) is 53.2 Å². The lowest BCUT2D eigenvalue weighted by Gasteiger charge is -2.22. The van der Waals surface area contributed by atoms with Crippen molar-refractivity contribution < 1.29 is 0 Å². The number of halogens is 2. The Morgan fingerprint density at radius 3 is 2.28 bits per heavy atom. The van der Waals surface area contributed by atoms with Crippen molar-refractivity contribution in [3.63, 3.8) is 0 Å². The van der Waals surface area contributed by atoms with Gasteiger partial charge >= 0.3 is 0 Å². The lowest BCUT2D eigenvalue weighted by molar-refractivity contribution is 0.647. The Hall–Kier alpha value is -1.18. The molecule has 1 aromatic carbocycles.